The molecule has 0 saturated carbocycles. The summed E-state index contributed by atoms with van der Waals surface area (Å²) in [5.41, 5.74) is 6.64. The second-order valence-corrected chi connectivity index (χ2v) is 6.88. The molecule has 4 rings (SSSR count). The number of hydrogen-bond donors (Lipinski definition) is 1. The van der Waals surface area contributed by atoms with Crippen LogP contribution in [-0.2, 0) is 25.9 Å². The number of nitrogens with one attached hydrogen (secondary N) is 1. The summed E-state index contributed by atoms with van der Waals surface area (Å²) in [4.78, 5) is 0. The molecule has 23 heavy (non-hydrogen) atoms. The minimum absolute atomic E-state index is 0.557. The van der Waals surface area contributed by atoms with Crippen LogP contribution in [0.2, 0.25) is 0 Å². The Morgan fingerprint density at radius 2 is 1.91 bits per heavy atom. The molecule has 0 radical (unpaired) electrons. The number of fused-ring (bicyclic) bond motifs is 1. The number of nitrogens with zero attached hydrogens (tertiary/aromatic N) is 2. The highest BCUT2D eigenvalue weighted by atomic mass is 32.1. The van der Waals surface area contributed by atoms with Crippen LogP contribution in [0.3, 0.4) is 0 Å². The molecule has 1 aromatic carbocycles. The van der Waals surface area contributed by atoms with Crippen molar-refractivity contribution in [1.82, 2.24) is 15.1 Å². The fourth-order valence-electron chi connectivity index (χ4n) is 3.30. The van der Waals surface area contributed by atoms with E-state index in [2.05, 4.69) is 59.5 Å². The van der Waals surface area contributed by atoms with Crippen molar-refractivity contribution >= 4 is 11.3 Å². The number of hydrogen-bond acceptors (Lipinski definition) is 3. The molecule has 0 atom stereocenters. The molecule has 3 nitrogen and oxygen atoms in total. The Hall–Kier alpha value is -1.91. The highest BCUT2D eigenvalue weighted by Gasteiger charge is 2.22. The first-order chi connectivity index (χ1) is 11.3. The van der Waals surface area contributed by atoms with Crippen LogP contribution < -0.4 is 5.32 Å². The van der Waals surface area contributed by atoms with Crippen molar-refractivity contribution in [2.24, 2.45) is 0 Å². The van der Waals surface area contributed by atoms with Gasteiger partial charge in [0.25, 0.3) is 0 Å². The normalized spacial score (nSPS) is 14.3. The van der Waals surface area contributed by atoms with Crippen molar-refractivity contribution in [2.45, 2.75) is 38.9 Å². The minimum atomic E-state index is 0.557. The molecule has 2 heterocycles. The quantitative estimate of drug-likeness (QED) is 0.772. The molecule has 3 aromatic rings. The molecule has 1 N–H and O–H groups in total. The Morgan fingerprint density at radius 3 is 2.61 bits per heavy atom. The van der Waals surface area contributed by atoms with Crippen molar-refractivity contribution in [3.8, 4) is 11.3 Å². The predicted octanol–water partition coefficient (Wildman–Crippen LogP) is 3.89. The van der Waals surface area contributed by atoms with Crippen molar-refractivity contribution in [3.05, 3.63) is 64.0 Å². The van der Waals surface area contributed by atoms with E-state index >= 15 is 0 Å². The number of thiophene rings is 1. The third kappa shape index (κ3) is 2.96. The van der Waals surface area contributed by atoms with Gasteiger partial charge in [0, 0.05) is 36.5 Å². The first-order valence-corrected chi connectivity index (χ1v) is 9.17. The maximum atomic E-state index is 4.75. The van der Waals surface area contributed by atoms with Crippen molar-refractivity contribution in [2.75, 3.05) is 0 Å². The van der Waals surface area contributed by atoms with Crippen LogP contribution in [-0.4, -0.2) is 15.8 Å². The van der Waals surface area contributed by atoms with E-state index in [1.165, 1.54) is 22.3 Å². The molecule has 0 saturated heterocycles. The van der Waals surface area contributed by atoms with Crippen LogP contribution in [0.5, 0.6) is 0 Å². The van der Waals surface area contributed by atoms with Gasteiger partial charge in [0.15, 0.2) is 0 Å². The summed E-state index contributed by atoms with van der Waals surface area (Å²) in [6.45, 7) is 3.91. The Kier molecular flexibility index (Phi) is 4.02. The molecule has 0 aliphatic heterocycles. The zero-order valence-corrected chi connectivity index (χ0v) is 14.1. The number of aryl methyl sites for hydroxylation is 1. The van der Waals surface area contributed by atoms with E-state index in [0.29, 0.717) is 6.04 Å². The number of aromatic nitrogens is 2. The highest BCUT2D eigenvalue weighted by Crippen LogP contribution is 2.27. The van der Waals surface area contributed by atoms with Gasteiger partial charge in [-0.3, -0.25) is 4.68 Å². The second kappa shape index (κ2) is 6.30. The fourth-order valence-corrected chi connectivity index (χ4v) is 4.19. The summed E-state index contributed by atoms with van der Waals surface area (Å²) in [5.74, 6) is 0. The van der Waals surface area contributed by atoms with Gasteiger partial charge in [0.05, 0.1) is 5.69 Å². The molecule has 0 spiro atoms. The zero-order valence-electron chi connectivity index (χ0n) is 13.3. The molecule has 0 fully saturated rings. The predicted molar refractivity (Wildman–Crippen MR) is 95.7 cm³/mol. The summed E-state index contributed by atoms with van der Waals surface area (Å²) in [5, 5.41) is 13.1. The first kappa shape index (κ1) is 14.7. The Balaban J connectivity index is 1.50. The average Bonchev–Trinajstić information content (AvgIpc) is 3.27. The summed E-state index contributed by atoms with van der Waals surface area (Å²) < 4.78 is 2.03. The largest absolute Gasteiger partial charge is 0.309 e. The van der Waals surface area contributed by atoms with Crippen LogP contribution >= 0.6 is 11.3 Å². The van der Waals surface area contributed by atoms with Gasteiger partial charge in [0.2, 0.25) is 0 Å². The van der Waals surface area contributed by atoms with Crippen LogP contribution in [0.15, 0.2) is 47.3 Å². The summed E-state index contributed by atoms with van der Waals surface area (Å²) >= 11 is 1.82. The van der Waals surface area contributed by atoms with E-state index in [1.807, 2.05) is 16.0 Å². The molecular weight excluding hydrogens is 302 g/mol. The van der Waals surface area contributed by atoms with E-state index in [4.69, 9.17) is 5.10 Å². The Morgan fingerprint density at radius 1 is 1.17 bits per heavy atom. The van der Waals surface area contributed by atoms with Gasteiger partial charge in [-0.25, -0.2) is 0 Å². The van der Waals surface area contributed by atoms with Gasteiger partial charge in [-0.05, 0) is 41.7 Å². The smallest absolute Gasteiger partial charge is 0.0968 e. The average molecular weight is 323 g/mol. The molecule has 0 amide bonds. The van der Waals surface area contributed by atoms with Gasteiger partial charge in [-0.1, -0.05) is 30.3 Å². The lowest BCUT2D eigenvalue weighted by atomic mass is 10.1. The molecular formula is C19H21N3S. The van der Waals surface area contributed by atoms with E-state index in [1.54, 1.807) is 0 Å². The molecule has 2 aromatic heterocycles. The topological polar surface area (TPSA) is 29.9 Å². The fraction of sp³-hybridized carbons (Fsp3) is 0.316. The monoisotopic (exact) mass is 323 g/mol. The van der Waals surface area contributed by atoms with Gasteiger partial charge >= 0.3 is 0 Å². The van der Waals surface area contributed by atoms with Crippen LogP contribution in [0.25, 0.3) is 11.3 Å². The van der Waals surface area contributed by atoms with Crippen LogP contribution in [0.1, 0.15) is 23.6 Å². The van der Waals surface area contributed by atoms with Crippen molar-refractivity contribution < 1.29 is 0 Å². The molecule has 118 valence electrons. The lowest BCUT2D eigenvalue weighted by Gasteiger charge is -2.12. The standard InChI is InChI=1S/C19H21N3S/c1-2-22-11-17(19(21-22)14-6-4-3-5-7-14)10-20-18-8-15-12-23-13-16(15)9-18/h3-7,11-13,18,20H,2,8-10H2,1H3. The number of benzene rings is 1. The third-order valence-electron chi connectivity index (χ3n) is 4.56. The lowest BCUT2D eigenvalue weighted by molar-refractivity contribution is 0.532. The summed E-state index contributed by atoms with van der Waals surface area (Å²) in [7, 11) is 0. The van der Waals surface area contributed by atoms with E-state index in [0.717, 1.165) is 31.6 Å². The van der Waals surface area contributed by atoms with Gasteiger partial charge in [0.1, 0.15) is 0 Å². The van der Waals surface area contributed by atoms with E-state index in [-0.39, 0.29) is 0 Å². The number of rotatable bonds is 5. The van der Waals surface area contributed by atoms with E-state index in [9.17, 15) is 0 Å². The lowest BCUT2D eigenvalue weighted by Crippen LogP contribution is -2.29. The van der Waals surface area contributed by atoms with Crippen LogP contribution in [0, 0.1) is 0 Å². The SMILES string of the molecule is CCn1cc(CNC2Cc3cscc3C2)c(-c2ccccc2)n1. The maximum Gasteiger partial charge on any atom is 0.0968 e. The zero-order chi connectivity index (χ0) is 15.6. The Labute approximate surface area is 141 Å². The Bertz CT molecular complexity index is 768. The highest BCUT2D eigenvalue weighted by molar-refractivity contribution is 7.08. The molecule has 0 unspecified atom stereocenters. The first-order valence-electron chi connectivity index (χ1n) is 8.22. The van der Waals surface area contributed by atoms with Gasteiger partial charge < -0.3 is 5.32 Å². The minimum Gasteiger partial charge on any atom is -0.309 e. The van der Waals surface area contributed by atoms with Crippen molar-refractivity contribution in [1.29, 1.82) is 0 Å². The summed E-state index contributed by atoms with van der Waals surface area (Å²) in [6.07, 6.45) is 4.49. The molecule has 0 bridgehead atoms. The van der Waals surface area contributed by atoms with Gasteiger partial charge in [-0.15, -0.1) is 0 Å². The molecule has 1 aliphatic rings. The second-order valence-electron chi connectivity index (χ2n) is 6.13. The molecule has 4 heteroatoms. The third-order valence-corrected chi connectivity index (χ3v) is 5.40. The van der Waals surface area contributed by atoms with Crippen molar-refractivity contribution in [3.63, 3.8) is 0 Å². The maximum absolute atomic E-state index is 4.75. The van der Waals surface area contributed by atoms with E-state index < -0.39 is 0 Å². The molecule has 1 aliphatic carbocycles. The van der Waals surface area contributed by atoms with Gasteiger partial charge in [-0.2, -0.15) is 16.4 Å². The summed E-state index contributed by atoms with van der Waals surface area (Å²) in [6, 6.07) is 11.0. The van der Waals surface area contributed by atoms with Crippen LogP contribution in [0.4, 0.5) is 0 Å².